The van der Waals surface area contributed by atoms with Crippen molar-refractivity contribution in [2.24, 2.45) is 0 Å². The standard InChI is InChI=1S/C12H11NO3S2/c1-8-3-5-10(6-4-8)15-12(14)16-13-9(2)7-18-11(13)17/h3-7H,1-2H3. The molecule has 0 atom stereocenters. The van der Waals surface area contributed by atoms with Gasteiger partial charge in [-0.1, -0.05) is 17.7 Å². The Morgan fingerprint density at radius 3 is 2.50 bits per heavy atom. The Balaban J connectivity index is 2.05. The van der Waals surface area contributed by atoms with Gasteiger partial charge in [0.25, 0.3) is 0 Å². The van der Waals surface area contributed by atoms with Crippen molar-refractivity contribution in [2.45, 2.75) is 13.8 Å². The van der Waals surface area contributed by atoms with Crippen molar-refractivity contribution >= 4 is 29.7 Å². The molecule has 1 aromatic carbocycles. The number of aromatic nitrogens is 1. The number of hydrogen-bond donors (Lipinski definition) is 0. The maximum atomic E-state index is 11.6. The predicted molar refractivity (Wildman–Crippen MR) is 71.7 cm³/mol. The molecule has 18 heavy (non-hydrogen) atoms. The van der Waals surface area contributed by atoms with Crippen LogP contribution in [0.2, 0.25) is 0 Å². The van der Waals surface area contributed by atoms with Crippen LogP contribution in [0.1, 0.15) is 11.3 Å². The fraction of sp³-hybridized carbons (Fsp3) is 0.167. The van der Waals surface area contributed by atoms with Gasteiger partial charge in [-0.2, -0.15) is 4.73 Å². The van der Waals surface area contributed by atoms with E-state index < -0.39 is 6.16 Å². The minimum atomic E-state index is -0.809. The normalized spacial score (nSPS) is 10.1. The van der Waals surface area contributed by atoms with E-state index in [-0.39, 0.29) is 0 Å². The lowest BCUT2D eigenvalue weighted by molar-refractivity contribution is 0.0862. The number of thiazole rings is 1. The van der Waals surface area contributed by atoms with E-state index in [0.717, 1.165) is 11.3 Å². The molecule has 6 heteroatoms. The molecule has 2 aromatic rings. The molecular formula is C12H11NO3S2. The summed E-state index contributed by atoms with van der Waals surface area (Å²) in [5.41, 5.74) is 1.84. The SMILES string of the molecule is Cc1ccc(OC(=O)On2c(C)csc2=S)cc1. The number of benzene rings is 1. The second kappa shape index (κ2) is 5.32. The molecule has 1 aromatic heterocycles. The van der Waals surface area contributed by atoms with Gasteiger partial charge in [0.05, 0.1) is 5.69 Å². The summed E-state index contributed by atoms with van der Waals surface area (Å²) in [6.45, 7) is 3.75. The molecule has 0 saturated carbocycles. The molecule has 2 rings (SSSR count). The summed E-state index contributed by atoms with van der Waals surface area (Å²) >= 11 is 6.35. The van der Waals surface area contributed by atoms with Crippen LogP contribution >= 0.6 is 23.6 Å². The molecule has 0 aliphatic rings. The minimum Gasteiger partial charge on any atom is -0.393 e. The van der Waals surface area contributed by atoms with Crippen molar-refractivity contribution < 1.29 is 14.4 Å². The van der Waals surface area contributed by atoms with E-state index in [1.165, 1.54) is 16.1 Å². The second-order valence-electron chi connectivity index (χ2n) is 3.69. The molecule has 94 valence electrons. The molecule has 0 bridgehead atoms. The predicted octanol–water partition coefficient (Wildman–Crippen LogP) is 3.52. The highest BCUT2D eigenvalue weighted by Gasteiger charge is 2.10. The van der Waals surface area contributed by atoms with Gasteiger partial charge in [-0.3, -0.25) is 4.84 Å². The molecule has 0 N–H and O–H groups in total. The van der Waals surface area contributed by atoms with Crippen molar-refractivity contribution in [2.75, 3.05) is 0 Å². The monoisotopic (exact) mass is 281 g/mol. The van der Waals surface area contributed by atoms with Crippen LogP contribution in [0, 0.1) is 17.8 Å². The molecule has 0 spiro atoms. The van der Waals surface area contributed by atoms with E-state index in [2.05, 4.69) is 0 Å². The number of hydrogen-bond acceptors (Lipinski definition) is 5. The third-order valence-electron chi connectivity index (χ3n) is 2.20. The molecule has 0 radical (unpaired) electrons. The lowest BCUT2D eigenvalue weighted by Crippen LogP contribution is -2.23. The highest BCUT2D eigenvalue weighted by atomic mass is 32.1. The van der Waals surface area contributed by atoms with Crippen LogP contribution in [0.15, 0.2) is 29.6 Å². The highest BCUT2D eigenvalue weighted by molar-refractivity contribution is 7.73. The van der Waals surface area contributed by atoms with Crippen molar-refractivity contribution in [1.29, 1.82) is 0 Å². The maximum absolute atomic E-state index is 11.6. The molecular weight excluding hydrogens is 270 g/mol. The zero-order chi connectivity index (χ0) is 13.1. The van der Waals surface area contributed by atoms with Gasteiger partial charge in [0.15, 0.2) is 3.95 Å². The number of rotatable bonds is 2. The summed E-state index contributed by atoms with van der Waals surface area (Å²) in [5.74, 6) is 0.435. The lowest BCUT2D eigenvalue weighted by Gasteiger charge is -2.06. The molecule has 0 aliphatic carbocycles. The second-order valence-corrected chi connectivity index (χ2v) is 5.20. The largest absolute Gasteiger partial charge is 0.539 e. The van der Waals surface area contributed by atoms with Crippen molar-refractivity contribution in [3.63, 3.8) is 0 Å². The van der Waals surface area contributed by atoms with Gasteiger partial charge in [-0.25, -0.2) is 4.79 Å². The van der Waals surface area contributed by atoms with Gasteiger partial charge in [-0.15, -0.1) is 11.3 Å². The van der Waals surface area contributed by atoms with Gasteiger partial charge in [0.1, 0.15) is 5.75 Å². The first-order valence-corrected chi connectivity index (χ1v) is 6.49. The first-order valence-electron chi connectivity index (χ1n) is 5.20. The Morgan fingerprint density at radius 2 is 1.94 bits per heavy atom. The Morgan fingerprint density at radius 1 is 1.28 bits per heavy atom. The van der Waals surface area contributed by atoms with Crippen LogP contribution in [0.25, 0.3) is 0 Å². The van der Waals surface area contributed by atoms with Crippen LogP contribution in [0.3, 0.4) is 0 Å². The fourth-order valence-corrected chi connectivity index (χ4v) is 2.25. The lowest BCUT2D eigenvalue weighted by atomic mass is 10.2. The number of ether oxygens (including phenoxy) is 1. The van der Waals surface area contributed by atoms with E-state index in [4.69, 9.17) is 21.8 Å². The van der Waals surface area contributed by atoms with Gasteiger partial charge in [0, 0.05) is 5.38 Å². The average molecular weight is 281 g/mol. The average Bonchev–Trinajstić information content (AvgIpc) is 2.64. The van der Waals surface area contributed by atoms with Crippen LogP contribution in [0.5, 0.6) is 5.75 Å². The zero-order valence-electron chi connectivity index (χ0n) is 9.88. The van der Waals surface area contributed by atoms with Crippen LogP contribution < -0.4 is 9.57 Å². The number of nitrogens with zero attached hydrogens (tertiary/aromatic N) is 1. The Kier molecular flexibility index (Phi) is 3.78. The summed E-state index contributed by atoms with van der Waals surface area (Å²) in [6, 6.07) is 7.11. The first-order chi connectivity index (χ1) is 8.56. The maximum Gasteiger partial charge on any atom is 0.539 e. The van der Waals surface area contributed by atoms with E-state index in [0.29, 0.717) is 9.70 Å². The molecule has 0 fully saturated rings. The van der Waals surface area contributed by atoms with Crippen LogP contribution in [-0.4, -0.2) is 10.9 Å². The Labute approximate surface area is 113 Å². The van der Waals surface area contributed by atoms with Crippen molar-refractivity contribution in [1.82, 2.24) is 4.73 Å². The number of aryl methyl sites for hydroxylation is 2. The summed E-state index contributed by atoms with van der Waals surface area (Å²) in [4.78, 5) is 16.6. The van der Waals surface area contributed by atoms with Crippen molar-refractivity contribution in [3.05, 3.63) is 44.9 Å². The Hall–Kier alpha value is -1.66. The van der Waals surface area contributed by atoms with E-state index in [9.17, 15) is 4.79 Å². The van der Waals surface area contributed by atoms with E-state index in [1.54, 1.807) is 19.1 Å². The summed E-state index contributed by atoms with van der Waals surface area (Å²) in [7, 11) is 0. The van der Waals surface area contributed by atoms with E-state index in [1.807, 2.05) is 24.4 Å². The summed E-state index contributed by atoms with van der Waals surface area (Å²) in [6.07, 6.45) is -0.809. The first kappa shape index (κ1) is 12.8. The molecule has 0 unspecified atom stereocenters. The van der Waals surface area contributed by atoms with Gasteiger partial charge in [-0.05, 0) is 38.2 Å². The van der Waals surface area contributed by atoms with Gasteiger partial charge < -0.3 is 4.74 Å². The number of carbonyl (C=O) groups excluding carboxylic acids is 1. The Bertz CT molecular complexity index is 613. The third kappa shape index (κ3) is 2.96. The highest BCUT2D eigenvalue weighted by Crippen LogP contribution is 2.12. The fourth-order valence-electron chi connectivity index (χ4n) is 1.28. The van der Waals surface area contributed by atoms with Crippen LogP contribution in [-0.2, 0) is 0 Å². The molecule has 0 amide bonds. The molecule has 0 saturated heterocycles. The topological polar surface area (TPSA) is 40.5 Å². The van der Waals surface area contributed by atoms with E-state index >= 15 is 0 Å². The third-order valence-corrected chi connectivity index (χ3v) is 3.49. The summed E-state index contributed by atoms with van der Waals surface area (Å²) in [5, 5.41) is 1.81. The smallest absolute Gasteiger partial charge is 0.393 e. The van der Waals surface area contributed by atoms with Gasteiger partial charge in [0.2, 0.25) is 0 Å². The van der Waals surface area contributed by atoms with Crippen LogP contribution in [0.4, 0.5) is 4.79 Å². The molecule has 1 heterocycles. The van der Waals surface area contributed by atoms with Crippen molar-refractivity contribution in [3.8, 4) is 5.75 Å². The molecule has 4 nitrogen and oxygen atoms in total. The number of carbonyl (C=O) groups is 1. The zero-order valence-corrected chi connectivity index (χ0v) is 11.5. The van der Waals surface area contributed by atoms with Gasteiger partial charge >= 0.3 is 6.16 Å². The molecule has 0 aliphatic heterocycles. The minimum absolute atomic E-state index is 0.435. The quantitative estimate of drug-likeness (QED) is 0.480. The summed E-state index contributed by atoms with van der Waals surface area (Å²) < 4.78 is 6.77.